The third-order valence-electron chi connectivity index (χ3n) is 9.22. The van der Waals surface area contributed by atoms with Gasteiger partial charge in [0.2, 0.25) is 0 Å². The highest BCUT2D eigenvalue weighted by Gasteiger charge is 2.44. The molecule has 4 amide bonds. The number of rotatable bonds is 15. The number of para-hydroxylation sites is 2. The van der Waals surface area contributed by atoms with Crippen LogP contribution in [0, 0.1) is 0 Å². The average molecular weight is 718 g/mol. The molecule has 274 valence electrons. The monoisotopic (exact) mass is 717 g/mol. The van der Waals surface area contributed by atoms with Gasteiger partial charge in [0.15, 0.2) is 13.2 Å². The molecule has 0 aliphatic carbocycles. The number of anilines is 2. The first kappa shape index (κ1) is 38.1. The number of carbonyl (C=O) groups is 6. The first-order valence-corrected chi connectivity index (χ1v) is 17.8. The Morgan fingerprint density at radius 2 is 1.09 bits per heavy atom. The molecule has 1 aliphatic heterocycles. The molecule has 53 heavy (non-hydrogen) atoms. The van der Waals surface area contributed by atoms with E-state index in [0.717, 1.165) is 27.2 Å². The Morgan fingerprint density at radius 1 is 0.604 bits per heavy atom. The highest BCUT2D eigenvalue weighted by atomic mass is 16.5. The largest absolute Gasteiger partial charge is 0.454 e. The maximum Gasteiger partial charge on any atom is 0.338 e. The SMILES string of the molecule is CCc1cccc(CC)c1NC(=O)COC(=O)c1ccc2c(c1)C(=O)N([C@@H](Cc1ccccc1)C(=O)OCC(=O)Nc1c(CC)cccc1CC)C2=O. The fourth-order valence-electron chi connectivity index (χ4n) is 6.39. The van der Waals surface area contributed by atoms with E-state index in [9.17, 15) is 28.8 Å². The molecular weight excluding hydrogens is 674 g/mol. The number of benzene rings is 4. The van der Waals surface area contributed by atoms with Crippen LogP contribution < -0.4 is 10.6 Å². The molecule has 4 aromatic rings. The van der Waals surface area contributed by atoms with Gasteiger partial charge in [0.1, 0.15) is 6.04 Å². The average Bonchev–Trinajstić information content (AvgIpc) is 3.43. The van der Waals surface area contributed by atoms with Crippen molar-refractivity contribution in [2.24, 2.45) is 0 Å². The number of hydrogen-bond acceptors (Lipinski definition) is 8. The van der Waals surface area contributed by atoms with Crippen LogP contribution in [-0.4, -0.2) is 59.7 Å². The minimum Gasteiger partial charge on any atom is -0.454 e. The van der Waals surface area contributed by atoms with Crippen LogP contribution >= 0.6 is 0 Å². The summed E-state index contributed by atoms with van der Waals surface area (Å²) in [4.78, 5) is 80.8. The molecular formula is C42H43N3O8. The maximum absolute atomic E-state index is 13.8. The van der Waals surface area contributed by atoms with E-state index in [4.69, 9.17) is 9.47 Å². The van der Waals surface area contributed by atoms with Gasteiger partial charge in [-0.15, -0.1) is 0 Å². The molecule has 11 heteroatoms. The fourth-order valence-corrected chi connectivity index (χ4v) is 6.39. The number of ether oxygens (including phenoxy) is 2. The van der Waals surface area contributed by atoms with Crippen molar-refractivity contribution in [3.63, 3.8) is 0 Å². The van der Waals surface area contributed by atoms with Crippen molar-refractivity contribution >= 4 is 46.9 Å². The first-order valence-electron chi connectivity index (χ1n) is 17.8. The second-order valence-corrected chi connectivity index (χ2v) is 12.5. The molecule has 0 radical (unpaired) electrons. The number of nitrogens with one attached hydrogen (secondary N) is 2. The van der Waals surface area contributed by atoms with Gasteiger partial charge in [0, 0.05) is 17.8 Å². The van der Waals surface area contributed by atoms with Crippen LogP contribution in [0.5, 0.6) is 0 Å². The van der Waals surface area contributed by atoms with Crippen LogP contribution in [0.3, 0.4) is 0 Å². The normalized spacial score (nSPS) is 12.6. The number of amides is 4. The standard InChI is InChI=1S/C42H43N3O8/c1-5-27-16-12-17-28(6-2)37(27)43-35(46)24-52-41(50)31-20-21-32-33(23-31)40(49)45(39(32)48)34(22-26-14-10-9-11-15-26)42(51)53-25-36(47)44-38-29(7-3)18-13-19-30(38)8-4/h9-21,23,34H,5-8,22,24-25H2,1-4H3,(H,43,46)(H,44,47)/t34-/m0/s1. The number of imide groups is 1. The molecule has 4 aromatic carbocycles. The molecule has 0 aromatic heterocycles. The third-order valence-corrected chi connectivity index (χ3v) is 9.22. The maximum atomic E-state index is 13.8. The van der Waals surface area contributed by atoms with Gasteiger partial charge in [-0.2, -0.15) is 0 Å². The second kappa shape index (κ2) is 17.4. The van der Waals surface area contributed by atoms with E-state index in [1.165, 1.54) is 18.2 Å². The van der Waals surface area contributed by atoms with Crippen LogP contribution in [0.1, 0.15) is 86.6 Å². The highest BCUT2D eigenvalue weighted by Crippen LogP contribution is 2.29. The van der Waals surface area contributed by atoms with Gasteiger partial charge in [0.05, 0.1) is 16.7 Å². The Balaban J connectivity index is 1.29. The first-order chi connectivity index (χ1) is 25.6. The summed E-state index contributed by atoms with van der Waals surface area (Å²) in [5.41, 5.74) is 5.62. The Hall–Kier alpha value is -6.10. The highest BCUT2D eigenvalue weighted by molar-refractivity contribution is 6.23. The molecule has 0 fully saturated rings. The van der Waals surface area contributed by atoms with Crippen molar-refractivity contribution < 1.29 is 38.2 Å². The number of fused-ring (bicyclic) bond motifs is 1. The predicted molar refractivity (Wildman–Crippen MR) is 200 cm³/mol. The minimum atomic E-state index is -1.41. The molecule has 0 unspecified atom stereocenters. The van der Waals surface area contributed by atoms with Crippen molar-refractivity contribution in [2.45, 2.75) is 65.8 Å². The number of nitrogens with zero attached hydrogens (tertiary/aromatic N) is 1. The number of aryl methyl sites for hydroxylation is 4. The van der Waals surface area contributed by atoms with Gasteiger partial charge >= 0.3 is 11.9 Å². The molecule has 1 atom stereocenters. The van der Waals surface area contributed by atoms with Gasteiger partial charge in [-0.05, 0) is 71.7 Å². The van der Waals surface area contributed by atoms with Crippen LogP contribution in [0.2, 0.25) is 0 Å². The molecule has 1 aliphatic rings. The van der Waals surface area contributed by atoms with Crippen LogP contribution in [0.4, 0.5) is 11.4 Å². The lowest BCUT2D eigenvalue weighted by Gasteiger charge is -2.24. The van der Waals surface area contributed by atoms with Crippen LogP contribution in [0.25, 0.3) is 0 Å². The summed E-state index contributed by atoms with van der Waals surface area (Å²) >= 11 is 0. The molecule has 0 bridgehead atoms. The Labute approximate surface area is 308 Å². The van der Waals surface area contributed by atoms with Gasteiger partial charge in [-0.25, -0.2) is 9.59 Å². The summed E-state index contributed by atoms with van der Waals surface area (Å²) in [5.74, 6) is -4.47. The molecule has 0 spiro atoms. The molecule has 0 saturated heterocycles. The Morgan fingerprint density at radius 3 is 1.60 bits per heavy atom. The van der Waals surface area contributed by atoms with Crippen molar-refractivity contribution in [3.05, 3.63) is 129 Å². The molecule has 11 nitrogen and oxygen atoms in total. The van der Waals surface area contributed by atoms with Crippen molar-refractivity contribution in [2.75, 3.05) is 23.8 Å². The Bertz CT molecular complexity index is 2000. The predicted octanol–water partition coefficient (Wildman–Crippen LogP) is 6.12. The zero-order chi connectivity index (χ0) is 38.1. The van der Waals surface area contributed by atoms with E-state index in [2.05, 4.69) is 10.6 Å². The van der Waals surface area contributed by atoms with E-state index in [1.807, 2.05) is 64.1 Å². The van der Waals surface area contributed by atoms with Crippen molar-refractivity contribution in [3.8, 4) is 0 Å². The second-order valence-electron chi connectivity index (χ2n) is 12.5. The number of esters is 2. The summed E-state index contributed by atoms with van der Waals surface area (Å²) < 4.78 is 10.7. The summed E-state index contributed by atoms with van der Waals surface area (Å²) in [6, 6.07) is 22.7. The van der Waals surface area contributed by atoms with Gasteiger partial charge < -0.3 is 20.1 Å². The number of hydrogen-bond donors (Lipinski definition) is 2. The van der Waals surface area contributed by atoms with E-state index in [-0.39, 0.29) is 23.1 Å². The third kappa shape index (κ3) is 8.69. The smallest absolute Gasteiger partial charge is 0.338 e. The topological polar surface area (TPSA) is 148 Å². The zero-order valence-corrected chi connectivity index (χ0v) is 30.3. The van der Waals surface area contributed by atoms with Crippen molar-refractivity contribution in [1.82, 2.24) is 4.90 Å². The van der Waals surface area contributed by atoms with Crippen LogP contribution in [0.15, 0.2) is 84.9 Å². The van der Waals surface area contributed by atoms with Gasteiger partial charge in [-0.3, -0.25) is 24.1 Å². The summed E-state index contributed by atoms with van der Waals surface area (Å²) in [6.07, 6.45) is 2.70. The lowest BCUT2D eigenvalue weighted by molar-refractivity contribution is -0.151. The van der Waals surface area contributed by atoms with Crippen LogP contribution in [-0.2, 0) is 56.0 Å². The fraction of sp³-hybridized carbons (Fsp3) is 0.286. The van der Waals surface area contributed by atoms with E-state index < -0.39 is 54.8 Å². The molecule has 1 heterocycles. The summed E-state index contributed by atoms with van der Waals surface area (Å²) in [6.45, 7) is 6.70. The lowest BCUT2D eigenvalue weighted by atomic mass is 10.0. The minimum absolute atomic E-state index is 0.0144. The van der Waals surface area contributed by atoms with Gasteiger partial charge in [-0.1, -0.05) is 94.4 Å². The lowest BCUT2D eigenvalue weighted by Crippen LogP contribution is -2.47. The molecule has 5 rings (SSSR count). The van der Waals surface area contributed by atoms with Gasteiger partial charge in [0.25, 0.3) is 23.6 Å². The number of carbonyl (C=O) groups excluding carboxylic acids is 6. The van der Waals surface area contributed by atoms with E-state index >= 15 is 0 Å². The molecule has 0 saturated carbocycles. The summed E-state index contributed by atoms with van der Waals surface area (Å²) in [5, 5.41) is 5.69. The van der Waals surface area contributed by atoms with Crippen molar-refractivity contribution in [1.29, 1.82) is 0 Å². The van der Waals surface area contributed by atoms with E-state index in [0.29, 0.717) is 42.6 Å². The molecule has 2 N–H and O–H groups in total. The zero-order valence-electron chi connectivity index (χ0n) is 30.3. The quantitative estimate of drug-likeness (QED) is 0.110. The van der Waals surface area contributed by atoms with E-state index in [1.54, 1.807) is 30.3 Å². The summed E-state index contributed by atoms with van der Waals surface area (Å²) in [7, 11) is 0. The Kier molecular flexibility index (Phi) is 12.5.